The summed E-state index contributed by atoms with van der Waals surface area (Å²) in [6.45, 7) is 0.687. The summed E-state index contributed by atoms with van der Waals surface area (Å²) >= 11 is 2.18. The second-order valence-corrected chi connectivity index (χ2v) is 3.12. The van der Waals surface area contributed by atoms with Crippen LogP contribution < -0.4 is 0 Å². The molecule has 1 aromatic rings. The molecular weight excluding hydrogens is 243 g/mol. The lowest BCUT2D eigenvalue weighted by molar-refractivity contribution is -0.108. The SMILES string of the molecule is O=CCCn1cc(I)cn1. The molecule has 0 aliphatic rings. The molecule has 0 amide bonds. The average molecular weight is 250 g/mol. The molecule has 1 rings (SSSR count). The van der Waals surface area contributed by atoms with Crippen LogP contribution in [-0.4, -0.2) is 16.1 Å². The van der Waals surface area contributed by atoms with Crippen molar-refractivity contribution in [3.05, 3.63) is 16.0 Å². The van der Waals surface area contributed by atoms with E-state index in [1.165, 1.54) is 0 Å². The maximum absolute atomic E-state index is 9.94. The van der Waals surface area contributed by atoms with E-state index in [0.717, 1.165) is 9.86 Å². The molecule has 0 saturated carbocycles. The van der Waals surface area contributed by atoms with Gasteiger partial charge in [-0.15, -0.1) is 0 Å². The zero-order chi connectivity index (χ0) is 7.40. The van der Waals surface area contributed by atoms with Crippen LogP contribution in [0.5, 0.6) is 0 Å². The first-order valence-corrected chi connectivity index (χ1v) is 4.02. The van der Waals surface area contributed by atoms with Gasteiger partial charge in [-0.3, -0.25) is 4.68 Å². The highest BCUT2D eigenvalue weighted by Gasteiger charge is 1.92. The van der Waals surface area contributed by atoms with E-state index in [4.69, 9.17) is 0 Å². The molecule has 1 aromatic heterocycles. The molecule has 0 N–H and O–H groups in total. The van der Waals surface area contributed by atoms with Crippen molar-refractivity contribution in [2.75, 3.05) is 0 Å². The van der Waals surface area contributed by atoms with Gasteiger partial charge in [0.15, 0.2) is 0 Å². The minimum absolute atomic E-state index is 0.539. The van der Waals surface area contributed by atoms with E-state index in [0.29, 0.717) is 13.0 Å². The molecule has 0 atom stereocenters. The Bertz CT molecular complexity index is 221. The fraction of sp³-hybridized carbons (Fsp3) is 0.333. The summed E-state index contributed by atoms with van der Waals surface area (Å²) in [5.41, 5.74) is 0. The normalized spacial score (nSPS) is 9.70. The minimum atomic E-state index is 0.539. The maximum Gasteiger partial charge on any atom is 0.121 e. The first-order chi connectivity index (χ1) is 4.83. The lowest BCUT2D eigenvalue weighted by atomic mass is 10.5. The summed E-state index contributed by atoms with van der Waals surface area (Å²) in [4.78, 5) is 9.94. The van der Waals surface area contributed by atoms with Gasteiger partial charge in [0.1, 0.15) is 6.29 Å². The molecule has 0 bridgehead atoms. The third kappa shape index (κ3) is 2.09. The number of aryl methyl sites for hydroxylation is 1. The molecule has 0 aliphatic carbocycles. The molecule has 3 nitrogen and oxygen atoms in total. The van der Waals surface area contributed by atoms with Crippen molar-refractivity contribution in [1.82, 2.24) is 9.78 Å². The molecule has 4 heteroatoms. The number of carbonyl (C=O) groups is 1. The van der Waals surface area contributed by atoms with Crippen LogP contribution in [0, 0.1) is 3.57 Å². The number of halogens is 1. The van der Waals surface area contributed by atoms with E-state index in [1.807, 2.05) is 6.20 Å². The molecule has 0 unspecified atom stereocenters. The summed E-state index contributed by atoms with van der Waals surface area (Å²) in [6.07, 6.45) is 5.11. The Morgan fingerprint density at radius 3 is 3.10 bits per heavy atom. The van der Waals surface area contributed by atoms with Crippen molar-refractivity contribution >= 4 is 28.9 Å². The van der Waals surface area contributed by atoms with E-state index in [2.05, 4.69) is 27.7 Å². The van der Waals surface area contributed by atoms with Gasteiger partial charge in [-0.05, 0) is 22.6 Å². The summed E-state index contributed by atoms with van der Waals surface area (Å²) in [5.74, 6) is 0. The Morgan fingerprint density at radius 1 is 1.80 bits per heavy atom. The van der Waals surface area contributed by atoms with Crippen LogP contribution in [0.25, 0.3) is 0 Å². The lowest BCUT2D eigenvalue weighted by Crippen LogP contribution is -1.97. The third-order valence-electron chi connectivity index (χ3n) is 1.08. The first-order valence-electron chi connectivity index (χ1n) is 2.94. The van der Waals surface area contributed by atoms with Gasteiger partial charge in [0.25, 0.3) is 0 Å². The summed E-state index contributed by atoms with van der Waals surface area (Å²) in [6, 6.07) is 0. The van der Waals surface area contributed by atoms with Gasteiger partial charge >= 0.3 is 0 Å². The van der Waals surface area contributed by atoms with Crippen LogP contribution in [0.3, 0.4) is 0 Å². The molecule has 0 aromatic carbocycles. The van der Waals surface area contributed by atoms with Crippen LogP contribution in [0.2, 0.25) is 0 Å². The molecular formula is C6H7IN2O. The maximum atomic E-state index is 9.94. The van der Waals surface area contributed by atoms with Crippen LogP contribution in [-0.2, 0) is 11.3 Å². The standard InChI is InChI=1S/C6H7IN2O/c7-6-4-8-9(5-6)2-1-3-10/h3-5H,1-2H2. The Kier molecular flexibility index (Phi) is 2.85. The first kappa shape index (κ1) is 7.71. The van der Waals surface area contributed by atoms with Gasteiger partial charge in [-0.25, -0.2) is 0 Å². The fourth-order valence-corrected chi connectivity index (χ4v) is 1.09. The van der Waals surface area contributed by atoms with Gasteiger partial charge in [-0.1, -0.05) is 0 Å². The van der Waals surface area contributed by atoms with Gasteiger partial charge in [-0.2, -0.15) is 5.10 Å². The van der Waals surface area contributed by atoms with Crippen molar-refractivity contribution in [2.24, 2.45) is 0 Å². The van der Waals surface area contributed by atoms with E-state index in [9.17, 15) is 4.79 Å². The van der Waals surface area contributed by atoms with Gasteiger partial charge in [0.2, 0.25) is 0 Å². The Hall–Kier alpha value is -0.390. The number of carbonyl (C=O) groups excluding carboxylic acids is 1. The summed E-state index contributed by atoms with van der Waals surface area (Å²) in [7, 11) is 0. The van der Waals surface area contributed by atoms with Crippen molar-refractivity contribution in [1.29, 1.82) is 0 Å². The molecule has 0 saturated heterocycles. The van der Waals surface area contributed by atoms with E-state index in [-0.39, 0.29) is 0 Å². The third-order valence-corrected chi connectivity index (χ3v) is 1.63. The molecule has 0 aliphatic heterocycles. The summed E-state index contributed by atoms with van der Waals surface area (Å²) < 4.78 is 2.86. The van der Waals surface area contributed by atoms with Crippen molar-refractivity contribution < 1.29 is 4.79 Å². The Labute approximate surface area is 72.6 Å². The molecule has 1 heterocycles. The number of nitrogens with zero attached hydrogens (tertiary/aromatic N) is 2. The smallest absolute Gasteiger partial charge is 0.121 e. The predicted octanol–water partition coefficient (Wildman–Crippen LogP) is 1.08. The molecule has 0 radical (unpaired) electrons. The molecule has 0 fully saturated rings. The molecule has 10 heavy (non-hydrogen) atoms. The highest BCUT2D eigenvalue weighted by Crippen LogP contribution is 2.00. The highest BCUT2D eigenvalue weighted by atomic mass is 127. The van der Waals surface area contributed by atoms with Gasteiger partial charge in [0, 0.05) is 19.2 Å². The average Bonchev–Trinajstić information content (AvgIpc) is 2.31. The number of hydrogen-bond acceptors (Lipinski definition) is 2. The van der Waals surface area contributed by atoms with E-state index in [1.54, 1.807) is 10.9 Å². The van der Waals surface area contributed by atoms with Gasteiger partial charge in [0.05, 0.1) is 9.77 Å². The topological polar surface area (TPSA) is 34.9 Å². The van der Waals surface area contributed by atoms with Crippen LogP contribution >= 0.6 is 22.6 Å². The zero-order valence-corrected chi connectivity index (χ0v) is 7.48. The lowest BCUT2D eigenvalue weighted by Gasteiger charge is -1.92. The summed E-state index contributed by atoms with van der Waals surface area (Å²) in [5, 5.41) is 4.00. The number of aromatic nitrogens is 2. The quantitative estimate of drug-likeness (QED) is 0.594. The minimum Gasteiger partial charge on any atom is -0.303 e. The van der Waals surface area contributed by atoms with E-state index < -0.39 is 0 Å². The van der Waals surface area contributed by atoms with Crippen molar-refractivity contribution in [3.8, 4) is 0 Å². The number of aldehydes is 1. The highest BCUT2D eigenvalue weighted by molar-refractivity contribution is 14.1. The molecule has 54 valence electrons. The van der Waals surface area contributed by atoms with E-state index >= 15 is 0 Å². The Morgan fingerprint density at radius 2 is 2.60 bits per heavy atom. The Balaban J connectivity index is 2.49. The second kappa shape index (κ2) is 3.70. The monoisotopic (exact) mass is 250 g/mol. The van der Waals surface area contributed by atoms with Crippen molar-refractivity contribution in [3.63, 3.8) is 0 Å². The predicted molar refractivity (Wildman–Crippen MR) is 45.6 cm³/mol. The van der Waals surface area contributed by atoms with Gasteiger partial charge < -0.3 is 4.79 Å². The second-order valence-electron chi connectivity index (χ2n) is 1.88. The number of hydrogen-bond donors (Lipinski definition) is 0. The van der Waals surface area contributed by atoms with Crippen LogP contribution in [0.1, 0.15) is 6.42 Å². The van der Waals surface area contributed by atoms with Crippen molar-refractivity contribution in [2.45, 2.75) is 13.0 Å². The number of rotatable bonds is 3. The fourth-order valence-electron chi connectivity index (χ4n) is 0.646. The largest absolute Gasteiger partial charge is 0.303 e. The molecule has 0 spiro atoms. The van der Waals surface area contributed by atoms with Crippen LogP contribution in [0.4, 0.5) is 0 Å². The van der Waals surface area contributed by atoms with Crippen LogP contribution in [0.15, 0.2) is 12.4 Å². The zero-order valence-electron chi connectivity index (χ0n) is 5.33.